The fourth-order valence-corrected chi connectivity index (χ4v) is 2.86. The Morgan fingerprint density at radius 1 is 1.04 bits per heavy atom. The number of hydrogen-bond acceptors (Lipinski definition) is 4. The van der Waals surface area contributed by atoms with Crippen LogP contribution in [0.1, 0.15) is 5.56 Å². The van der Waals surface area contributed by atoms with Crippen molar-refractivity contribution < 1.29 is 22.3 Å². The molecular formula is C16H18FNO4S. The molecule has 0 unspecified atom stereocenters. The highest BCUT2D eigenvalue weighted by Crippen LogP contribution is 2.16. The molecule has 0 saturated carbocycles. The Balaban J connectivity index is 2.00. The van der Waals surface area contributed by atoms with Crippen molar-refractivity contribution in [2.75, 3.05) is 20.3 Å². The molecule has 0 bridgehead atoms. The Bertz CT molecular complexity index is 732. The summed E-state index contributed by atoms with van der Waals surface area (Å²) < 4.78 is 50.5. The van der Waals surface area contributed by atoms with Crippen molar-refractivity contribution in [1.29, 1.82) is 0 Å². The molecule has 0 amide bonds. The van der Waals surface area contributed by atoms with E-state index in [0.717, 1.165) is 0 Å². The maximum atomic E-state index is 13.5. The van der Waals surface area contributed by atoms with E-state index in [2.05, 4.69) is 4.72 Å². The zero-order valence-corrected chi connectivity index (χ0v) is 13.5. The van der Waals surface area contributed by atoms with Gasteiger partial charge in [0.05, 0.1) is 11.5 Å². The van der Waals surface area contributed by atoms with Crippen LogP contribution in [0.4, 0.5) is 4.39 Å². The molecule has 0 aromatic heterocycles. The van der Waals surface area contributed by atoms with Gasteiger partial charge in [-0.25, -0.2) is 17.5 Å². The van der Waals surface area contributed by atoms with Gasteiger partial charge < -0.3 is 9.47 Å². The molecule has 0 atom stereocenters. The van der Waals surface area contributed by atoms with Crippen LogP contribution < -0.4 is 9.46 Å². The van der Waals surface area contributed by atoms with Crippen LogP contribution in [0.2, 0.25) is 0 Å². The van der Waals surface area contributed by atoms with E-state index in [1.807, 2.05) is 0 Å². The number of hydrogen-bond donors (Lipinski definition) is 1. The molecule has 0 aliphatic carbocycles. The lowest BCUT2D eigenvalue weighted by molar-refractivity contribution is 0.146. The number of rotatable bonds is 8. The fourth-order valence-electron chi connectivity index (χ4n) is 1.86. The SMILES string of the molecule is COCCOc1ccc(S(=O)(=O)NCc2ccccc2F)cc1. The topological polar surface area (TPSA) is 64.6 Å². The molecule has 2 rings (SSSR count). The Labute approximate surface area is 135 Å². The lowest BCUT2D eigenvalue weighted by atomic mass is 10.2. The van der Waals surface area contributed by atoms with E-state index in [1.165, 1.54) is 24.3 Å². The van der Waals surface area contributed by atoms with Crippen LogP contribution in [-0.4, -0.2) is 28.7 Å². The normalized spacial score (nSPS) is 11.4. The average Bonchev–Trinajstić information content (AvgIpc) is 2.55. The molecule has 0 saturated heterocycles. The van der Waals surface area contributed by atoms with Gasteiger partial charge in [-0.3, -0.25) is 0 Å². The zero-order valence-electron chi connectivity index (χ0n) is 12.7. The Hall–Kier alpha value is -1.96. The highest BCUT2D eigenvalue weighted by Gasteiger charge is 2.14. The second-order valence-electron chi connectivity index (χ2n) is 4.73. The van der Waals surface area contributed by atoms with E-state index < -0.39 is 15.8 Å². The molecule has 1 N–H and O–H groups in total. The molecule has 0 radical (unpaired) electrons. The maximum absolute atomic E-state index is 13.5. The number of sulfonamides is 1. The van der Waals surface area contributed by atoms with E-state index in [0.29, 0.717) is 19.0 Å². The van der Waals surface area contributed by atoms with E-state index in [1.54, 1.807) is 31.4 Å². The largest absolute Gasteiger partial charge is 0.491 e. The Morgan fingerprint density at radius 3 is 2.39 bits per heavy atom. The minimum absolute atomic E-state index is 0.0907. The van der Waals surface area contributed by atoms with E-state index in [4.69, 9.17) is 9.47 Å². The van der Waals surface area contributed by atoms with Crippen LogP contribution in [0.3, 0.4) is 0 Å². The van der Waals surface area contributed by atoms with Crippen molar-refractivity contribution in [3.8, 4) is 5.75 Å². The van der Waals surface area contributed by atoms with Crippen molar-refractivity contribution >= 4 is 10.0 Å². The number of methoxy groups -OCH3 is 1. The molecule has 23 heavy (non-hydrogen) atoms. The smallest absolute Gasteiger partial charge is 0.240 e. The fraction of sp³-hybridized carbons (Fsp3) is 0.250. The lowest BCUT2D eigenvalue weighted by Gasteiger charge is -2.09. The summed E-state index contributed by atoms with van der Waals surface area (Å²) in [5.74, 6) is 0.104. The molecule has 124 valence electrons. The Morgan fingerprint density at radius 2 is 1.74 bits per heavy atom. The lowest BCUT2D eigenvalue weighted by Crippen LogP contribution is -2.23. The van der Waals surface area contributed by atoms with Gasteiger partial charge in [-0.15, -0.1) is 0 Å². The van der Waals surface area contributed by atoms with Crippen molar-refractivity contribution in [2.24, 2.45) is 0 Å². The number of halogens is 1. The van der Waals surface area contributed by atoms with Crippen LogP contribution >= 0.6 is 0 Å². The molecular weight excluding hydrogens is 321 g/mol. The van der Waals surface area contributed by atoms with Crippen molar-refractivity contribution in [1.82, 2.24) is 4.72 Å². The van der Waals surface area contributed by atoms with E-state index in [-0.39, 0.29) is 17.0 Å². The zero-order chi connectivity index (χ0) is 16.7. The number of ether oxygens (including phenoxy) is 2. The van der Waals surface area contributed by atoms with Crippen molar-refractivity contribution in [2.45, 2.75) is 11.4 Å². The first-order valence-corrected chi connectivity index (χ1v) is 8.46. The predicted molar refractivity (Wildman–Crippen MR) is 84.2 cm³/mol. The molecule has 0 aliphatic rings. The molecule has 5 nitrogen and oxygen atoms in total. The molecule has 2 aromatic rings. The summed E-state index contributed by atoms with van der Waals surface area (Å²) in [6.07, 6.45) is 0. The van der Waals surface area contributed by atoms with Gasteiger partial charge in [-0.05, 0) is 30.3 Å². The highest BCUT2D eigenvalue weighted by molar-refractivity contribution is 7.89. The van der Waals surface area contributed by atoms with Gasteiger partial charge in [0, 0.05) is 19.2 Å². The van der Waals surface area contributed by atoms with Crippen LogP contribution in [0, 0.1) is 5.82 Å². The predicted octanol–water partition coefficient (Wildman–Crippen LogP) is 2.33. The van der Waals surface area contributed by atoms with Gasteiger partial charge >= 0.3 is 0 Å². The van der Waals surface area contributed by atoms with Crippen molar-refractivity contribution in [3.63, 3.8) is 0 Å². The van der Waals surface area contributed by atoms with E-state index >= 15 is 0 Å². The summed E-state index contributed by atoms with van der Waals surface area (Å²) >= 11 is 0. The van der Waals surface area contributed by atoms with E-state index in [9.17, 15) is 12.8 Å². The molecule has 2 aromatic carbocycles. The van der Waals surface area contributed by atoms with Gasteiger partial charge in [0.15, 0.2) is 0 Å². The van der Waals surface area contributed by atoms with Crippen LogP contribution in [-0.2, 0) is 21.3 Å². The van der Waals surface area contributed by atoms with Gasteiger partial charge in [-0.2, -0.15) is 0 Å². The third-order valence-corrected chi connectivity index (χ3v) is 4.52. The minimum Gasteiger partial charge on any atom is -0.491 e. The molecule has 0 fully saturated rings. The van der Waals surface area contributed by atoms with Crippen LogP contribution in [0.15, 0.2) is 53.4 Å². The van der Waals surface area contributed by atoms with Gasteiger partial charge in [0.2, 0.25) is 10.0 Å². The summed E-state index contributed by atoms with van der Waals surface area (Å²) in [6, 6.07) is 12.0. The molecule has 7 heteroatoms. The first-order valence-electron chi connectivity index (χ1n) is 6.98. The quantitative estimate of drug-likeness (QED) is 0.750. The highest BCUT2D eigenvalue weighted by atomic mass is 32.2. The molecule has 0 aliphatic heterocycles. The second kappa shape index (κ2) is 8.05. The third-order valence-electron chi connectivity index (χ3n) is 3.10. The number of benzene rings is 2. The summed E-state index contributed by atoms with van der Waals surface area (Å²) in [5.41, 5.74) is 0.288. The maximum Gasteiger partial charge on any atom is 0.240 e. The molecule has 0 spiro atoms. The van der Waals surface area contributed by atoms with Crippen LogP contribution in [0.5, 0.6) is 5.75 Å². The first kappa shape index (κ1) is 17.4. The second-order valence-corrected chi connectivity index (χ2v) is 6.50. The monoisotopic (exact) mass is 339 g/mol. The van der Waals surface area contributed by atoms with Gasteiger partial charge in [0.1, 0.15) is 18.2 Å². The average molecular weight is 339 g/mol. The van der Waals surface area contributed by atoms with Crippen LogP contribution in [0.25, 0.3) is 0 Å². The summed E-state index contributed by atoms with van der Waals surface area (Å²) in [5, 5.41) is 0. The summed E-state index contributed by atoms with van der Waals surface area (Å²) in [4.78, 5) is 0.0907. The minimum atomic E-state index is -3.71. The summed E-state index contributed by atoms with van der Waals surface area (Å²) in [6.45, 7) is 0.722. The first-order chi connectivity index (χ1) is 11.0. The van der Waals surface area contributed by atoms with Crippen molar-refractivity contribution in [3.05, 3.63) is 59.9 Å². The molecule has 0 heterocycles. The van der Waals surface area contributed by atoms with Gasteiger partial charge in [-0.1, -0.05) is 18.2 Å². The van der Waals surface area contributed by atoms with Gasteiger partial charge in [0.25, 0.3) is 0 Å². The standard InChI is InChI=1S/C16H18FNO4S/c1-21-10-11-22-14-6-8-15(9-7-14)23(19,20)18-12-13-4-2-3-5-16(13)17/h2-9,18H,10-12H2,1H3. The number of nitrogens with one attached hydrogen (secondary N) is 1. The third kappa shape index (κ3) is 5.02. The Kier molecular flexibility index (Phi) is 6.09. The summed E-state index contributed by atoms with van der Waals surface area (Å²) in [7, 11) is -2.14.